The Morgan fingerprint density at radius 1 is 1.48 bits per heavy atom. The molecule has 0 aliphatic carbocycles. The zero-order chi connectivity index (χ0) is 15.6. The maximum absolute atomic E-state index is 12.3. The Balaban J connectivity index is 2.27. The molecule has 1 aliphatic rings. The number of rotatable bonds is 3. The summed E-state index contributed by atoms with van der Waals surface area (Å²) < 4.78 is 0. The number of nitrogens with one attached hydrogen (secondary N) is 1. The molecule has 1 aromatic heterocycles. The summed E-state index contributed by atoms with van der Waals surface area (Å²) in [6.07, 6.45) is 1.88. The van der Waals surface area contributed by atoms with Crippen molar-refractivity contribution in [1.29, 1.82) is 0 Å². The van der Waals surface area contributed by atoms with Crippen molar-refractivity contribution in [3.8, 4) is 0 Å². The average Bonchev–Trinajstić information content (AvgIpc) is 2.47. The number of nitrogens with zero attached hydrogens (tertiary/aromatic N) is 2. The number of H-pyrrole nitrogens is 1. The average molecular weight is 295 g/mol. The number of carbonyl (C=O) groups is 2. The van der Waals surface area contributed by atoms with Gasteiger partial charge in [0.1, 0.15) is 5.56 Å². The van der Waals surface area contributed by atoms with Crippen molar-refractivity contribution in [3.05, 3.63) is 38.3 Å². The van der Waals surface area contributed by atoms with Crippen molar-refractivity contribution in [2.24, 2.45) is 5.92 Å². The summed E-state index contributed by atoms with van der Waals surface area (Å²) in [6, 6.07) is 0.908. The van der Waals surface area contributed by atoms with Gasteiger partial charge in [0, 0.05) is 19.2 Å². The van der Waals surface area contributed by atoms with Crippen LogP contribution >= 0.6 is 0 Å². The van der Waals surface area contributed by atoms with E-state index in [9.17, 15) is 24.5 Å². The number of carboxylic acids is 1. The number of hydrogen-bond acceptors (Lipinski definition) is 5. The molecule has 2 rings (SSSR count). The molecule has 0 spiro atoms. The molecule has 9 heteroatoms. The third kappa shape index (κ3) is 3.07. The summed E-state index contributed by atoms with van der Waals surface area (Å²) in [5, 5.41) is 19.7. The number of amides is 1. The molecular weight excluding hydrogens is 282 g/mol. The molecule has 112 valence electrons. The van der Waals surface area contributed by atoms with Gasteiger partial charge in [0.25, 0.3) is 17.2 Å². The van der Waals surface area contributed by atoms with E-state index in [4.69, 9.17) is 5.11 Å². The molecule has 0 saturated carbocycles. The van der Waals surface area contributed by atoms with Gasteiger partial charge < -0.3 is 15.0 Å². The lowest BCUT2D eigenvalue weighted by atomic mass is 9.98. The second-order valence-corrected chi connectivity index (χ2v) is 4.79. The predicted molar refractivity (Wildman–Crippen MR) is 70.0 cm³/mol. The van der Waals surface area contributed by atoms with Crippen LogP contribution in [0.15, 0.2) is 17.1 Å². The zero-order valence-corrected chi connectivity index (χ0v) is 10.9. The molecular formula is C12H13N3O6. The maximum Gasteiger partial charge on any atom is 0.308 e. The molecule has 2 N–H and O–H groups in total. The number of carboxylic acid groups (broad SMARTS) is 1. The largest absolute Gasteiger partial charge is 0.481 e. The summed E-state index contributed by atoms with van der Waals surface area (Å²) in [4.78, 5) is 48.2. The van der Waals surface area contributed by atoms with Gasteiger partial charge >= 0.3 is 5.97 Å². The van der Waals surface area contributed by atoms with Crippen molar-refractivity contribution in [2.75, 3.05) is 13.1 Å². The van der Waals surface area contributed by atoms with E-state index in [0.717, 1.165) is 12.3 Å². The Morgan fingerprint density at radius 2 is 2.19 bits per heavy atom. The lowest BCUT2D eigenvalue weighted by Gasteiger charge is -2.30. The number of nitro groups is 1. The minimum Gasteiger partial charge on any atom is -0.481 e. The molecule has 1 amide bonds. The maximum atomic E-state index is 12.3. The summed E-state index contributed by atoms with van der Waals surface area (Å²) in [5.41, 5.74) is -1.48. The summed E-state index contributed by atoms with van der Waals surface area (Å²) in [7, 11) is 0. The fraction of sp³-hybridized carbons (Fsp3) is 0.417. The van der Waals surface area contributed by atoms with Gasteiger partial charge in [-0.2, -0.15) is 0 Å². The lowest BCUT2D eigenvalue weighted by molar-refractivity contribution is -0.385. The molecule has 21 heavy (non-hydrogen) atoms. The summed E-state index contributed by atoms with van der Waals surface area (Å²) >= 11 is 0. The molecule has 1 saturated heterocycles. The smallest absolute Gasteiger partial charge is 0.308 e. The number of aromatic amines is 1. The van der Waals surface area contributed by atoms with Crippen molar-refractivity contribution in [3.63, 3.8) is 0 Å². The van der Waals surface area contributed by atoms with Crippen LogP contribution in [0.25, 0.3) is 0 Å². The Kier molecular flexibility index (Phi) is 4.01. The topological polar surface area (TPSA) is 134 Å². The first kappa shape index (κ1) is 14.7. The van der Waals surface area contributed by atoms with Gasteiger partial charge in [-0.15, -0.1) is 0 Å². The number of aliphatic carboxylic acids is 1. The van der Waals surface area contributed by atoms with E-state index in [-0.39, 0.29) is 12.1 Å². The number of piperidine rings is 1. The number of aromatic nitrogens is 1. The Bertz CT molecular complexity index is 653. The van der Waals surface area contributed by atoms with Gasteiger partial charge in [0.05, 0.1) is 17.0 Å². The first-order valence-electron chi connectivity index (χ1n) is 6.29. The molecule has 0 aromatic carbocycles. The number of carbonyl (C=O) groups excluding carboxylic acids is 1. The zero-order valence-electron chi connectivity index (χ0n) is 10.9. The van der Waals surface area contributed by atoms with E-state index >= 15 is 0 Å². The SMILES string of the molecule is O=C(O)[C@@H]1CCCN(C(=O)c2cc([N+](=O)[O-])c[nH]c2=O)C1. The van der Waals surface area contributed by atoms with Crippen LogP contribution in [-0.4, -0.2) is 44.9 Å². The first-order chi connectivity index (χ1) is 9.90. The van der Waals surface area contributed by atoms with Gasteiger partial charge in [-0.3, -0.25) is 24.5 Å². The number of hydrogen-bond donors (Lipinski definition) is 2. The van der Waals surface area contributed by atoms with Gasteiger partial charge in [-0.25, -0.2) is 0 Å². The molecule has 9 nitrogen and oxygen atoms in total. The highest BCUT2D eigenvalue weighted by atomic mass is 16.6. The highest BCUT2D eigenvalue weighted by Crippen LogP contribution is 2.19. The molecule has 1 aromatic rings. The Morgan fingerprint density at radius 3 is 2.81 bits per heavy atom. The fourth-order valence-electron chi connectivity index (χ4n) is 2.27. The van der Waals surface area contributed by atoms with Crippen LogP contribution in [0.3, 0.4) is 0 Å². The predicted octanol–water partition coefficient (Wildman–Crippen LogP) is 0.220. The van der Waals surface area contributed by atoms with E-state index < -0.39 is 34.0 Å². The van der Waals surface area contributed by atoms with E-state index in [1.54, 1.807) is 0 Å². The second-order valence-electron chi connectivity index (χ2n) is 4.79. The van der Waals surface area contributed by atoms with Gasteiger partial charge in [0.2, 0.25) is 0 Å². The number of pyridine rings is 1. The minimum absolute atomic E-state index is 0.00367. The number of likely N-dealkylation sites (tertiary alicyclic amines) is 1. The molecule has 1 fully saturated rings. The third-order valence-corrected chi connectivity index (χ3v) is 3.39. The van der Waals surface area contributed by atoms with Crippen LogP contribution in [0, 0.1) is 16.0 Å². The van der Waals surface area contributed by atoms with Crippen molar-refractivity contribution >= 4 is 17.6 Å². The van der Waals surface area contributed by atoms with Gasteiger partial charge in [0.15, 0.2) is 0 Å². The van der Waals surface area contributed by atoms with Crippen LogP contribution in [-0.2, 0) is 4.79 Å². The van der Waals surface area contributed by atoms with Gasteiger partial charge in [-0.05, 0) is 12.8 Å². The standard InChI is InChI=1S/C12H13N3O6/c16-10-9(4-8(5-13-10)15(20)21)11(17)14-3-1-2-7(6-14)12(18)19/h4-5,7H,1-3,6H2,(H,13,16)(H,18,19)/t7-/m1/s1. The second kappa shape index (κ2) is 5.73. The van der Waals surface area contributed by atoms with Crippen LogP contribution in [0.2, 0.25) is 0 Å². The van der Waals surface area contributed by atoms with E-state index in [0.29, 0.717) is 19.4 Å². The summed E-state index contributed by atoms with van der Waals surface area (Å²) in [6.45, 7) is 0.320. The highest BCUT2D eigenvalue weighted by Gasteiger charge is 2.30. The van der Waals surface area contributed by atoms with Crippen molar-refractivity contribution in [2.45, 2.75) is 12.8 Å². The highest BCUT2D eigenvalue weighted by molar-refractivity contribution is 5.94. The molecule has 0 bridgehead atoms. The molecule has 2 heterocycles. The van der Waals surface area contributed by atoms with E-state index in [2.05, 4.69) is 4.98 Å². The van der Waals surface area contributed by atoms with Crippen LogP contribution < -0.4 is 5.56 Å². The van der Waals surface area contributed by atoms with Crippen molar-refractivity contribution < 1.29 is 19.6 Å². The van der Waals surface area contributed by atoms with E-state index in [1.807, 2.05) is 0 Å². The minimum atomic E-state index is -1.000. The lowest BCUT2D eigenvalue weighted by Crippen LogP contribution is -2.43. The Hall–Kier alpha value is -2.71. The van der Waals surface area contributed by atoms with Crippen LogP contribution in [0.4, 0.5) is 5.69 Å². The van der Waals surface area contributed by atoms with Crippen molar-refractivity contribution in [1.82, 2.24) is 9.88 Å². The Labute approximate surface area is 118 Å². The van der Waals surface area contributed by atoms with Crippen LogP contribution in [0.1, 0.15) is 23.2 Å². The molecule has 1 atom stereocenters. The summed E-state index contributed by atoms with van der Waals surface area (Å²) in [5.74, 6) is -2.37. The normalized spacial score (nSPS) is 18.3. The first-order valence-corrected chi connectivity index (χ1v) is 6.29. The van der Waals surface area contributed by atoms with Crippen LogP contribution in [0.5, 0.6) is 0 Å². The fourth-order valence-corrected chi connectivity index (χ4v) is 2.27. The van der Waals surface area contributed by atoms with Gasteiger partial charge in [-0.1, -0.05) is 0 Å². The molecule has 0 radical (unpaired) electrons. The molecule has 0 unspecified atom stereocenters. The molecule has 1 aliphatic heterocycles. The third-order valence-electron chi connectivity index (χ3n) is 3.39. The quantitative estimate of drug-likeness (QED) is 0.605. The van der Waals surface area contributed by atoms with E-state index in [1.165, 1.54) is 4.90 Å². The monoisotopic (exact) mass is 295 g/mol.